The first-order chi connectivity index (χ1) is 8.15. The molecule has 86 valence electrons. The second-order valence-corrected chi connectivity index (χ2v) is 4.01. The number of hydrogen-bond acceptors (Lipinski definition) is 3. The first-order valence-electron chi connectivity index (χ1n) is 4.69. The van der Waals surface area contributed by atoms with Crippen LogP contribution in [0.5, 0.6) is 0 Å². The molecule has 6 heteroatoms. The van der Waals surface area contributed by atoms with Gasteiger partial charge >= 0.3 is 0 Å². The van der Waals surface area contributed by atoms with Gasteiger partial charge in [-0.15, -0.1) is 0 Å². The largest absolute Gasteiger partial charge is 0.321 e. The summed E-state index contributed by atoms with van der Waals surface area (Å²) in [5.74, 6) is -0.978. The van der Waals surface area contributed by atoms with Gasteiger partial charge in [-0.05, 0) is 40.2 Å². The van der Waals surface area contributed by atoms with Crippen LogP contribution in [0.4, 0.5) is 10.1 Å². The Bertz CT molecular complexity index is 527. The van der Waals surface area contributed by atoms with Crippen molar-refractivity contribution >= 4 is 27.5 Å². The number of carbonyl (C=O) groups excluding carboxylic acids is 1. The number of halogens is 2. The molecule has 2 aromatic heterocycles. The standard InChI is InChI=1S/C11H7BrFN3O/c12-9-3-2-8(6-14-9)16-11(17)7-1-4-10(13)15-5-7/h1-6H,(H,16,17). The molecule has 0 atom stereocenters. The van der Waals surface area contributed by atoms with Crippen molar-refractivity contribution in [3.63, 3.8) is 0 Å². The van der Waals surface area contributed by atoms with Crippen molar-refractivity contribution < 1.29 is 9.18 Å². The van der Waals surface area contributed by atoms with Gasteiger partial charge in [-0.3, -0.25) is 4.79 Å². The van der Waals surface area contributed by atoms with Gasteiger partial charge in [0.05, 0.1) is 17.4 Å². The Balaban J connectivity index is 2.11. The fourth-order valence-corrected chi connectivity index (χ4v) is 1.40. The third-order valence-electron chi connectivity index (χ3n) is 1.97. The Kier molecular flexibility index (Phi) is 3.43. The minimum absolute atomic E-state index is 0.286. The summed E-state index contributed by atoms with van der Waals surface area (Å²) in [6.07, 6.45) is 2.69. The molecule has 0 radical (unpaired) electrons. The zero-order chi connectivity index (χ0) is 12.3. The van der Waals surface area contributed by atoms with E-state index in [1.807, 2.05) is 0 Å². The molecule has 0 aliphatic rings. The highest BCUT2D eigenvalue weighted by molar-refractivity contribution is 9.10. The van der Waals surface area contributed by atoms with Gasteiger partial charge in [0, 0.05) is 6.20 Å². The van der Waals surface area contributed by atoms with Crippen LogP contribution in [0.15, 0.2) is 41.3 Å². The molecule has 1 amide bonds. The predicted molar refractivity (Wildman–Crippen MR) is 64.1 cm³/mol. The van der Waals surface area contributed by atoms with Crippen LogP contribution in [0.1, 0.15) is 10.4 Å². The van der Waals surface area contributed by atoms with E-state index in [2.05, 4.69) is 31.2 Å². The SMILES string of the molecule is O=C(Nc1ccc(Br)nc1)c1ccc(F)nc1. The van der Waals surface area contributed by atoms with Crippen LogP contribution in [0.25, 0.3) is 0 Å². The van der Waals surface area contributed by atoms with Crippen LogP contribution in [-0.2, 0) is 0 Å². The fraction of sp³-hybridized carbons (Fsp3) is 0. The topological polar surface area (TPSA) is 54.9 Å². The second kappa shape index (κ2) is 5.01. The monoisotopic (exact) mass is 295 g/mol. The summed E-state index contributed by atoms with van der Waals surface area (Å²) in [6, 6.07) is 5.91. The predicted octanol–water partition coefficient (Wildman–Crippen LogP) is 2.63. The number of aromatic nitrogens is 2. The maximum absolute atomic E-state index is 12.6. The van der Waals surface area contributed by atoms with Crippen molar-refractivity contribution in [1.29, 1.82) is 0 Å². The third kappa shape index (κ3) is 3.07. The number of nitrogens with zero attached hydrogens (tertiary/aromatic N) is 2. The molecule has 0 spiro atoms. The zero-order valence-corrected chi connectivity index (χ0v) is 10.1. The maximum Gasteiger partial charge on any atom is 0.257 e. The summed E-state index contributed by atoms with van der Waals surface area (Å²) >= 11 is 3.19. The molecule has 2 heterocycles. The highest BCUT2D eigenvalue weighted by atomic mass is 79.9. The molecule has 0 saturated carbocycles. The van der Waals surface area contributed by atoms with Crippen LogP contribution in [0, 0.1) is 5.95 Å². The molecule has 0 aliphatic heterocycles. The molecule has 2 rings (SSSR count). The van der Waals surface area contributed by atoms with E-state index in [1.54, 1.807) is 12.1 Å². The average molecular weight is 296 g/mol. The van der Waals surface area contributed by atoms with Crippen molar-refractivity contribution in [3.05, 3.63) is 52.8 Å². The van der Waals surface area contributed by atoms with Gasteiger partial charge in [0.2, 0.25) is 5.95 Å². The van der Waals surface area contributed by atoms with Crippen LogP contribution in [-0.4, -0.2) is 15.9 Å². The normalized spacial score (nSPS) is 10.0. The molecule has 17 heavy (non-hydrogen) atoms. The molecule has 0 aliphatic carbocycles. The number of anilines is 1. The lowest BCUT2D eigenvalue weighted by atomic mass is 10.2. The van der Waals surface area contributed by atoms with E-state index in [9.17, 15) is 9.18 Å². The van der Waals surface area contributed by atoms with Gasteiger partial charge in [-0.2, -0.15) is 4.39 Å². The molecule has 0 saturated heterocycles. The van der Waals surface area contributed by atoms with E-state index in [1.165, 1.54) is 18.5 Å². The quantitative estimate of drug-likeness (QED) is 0.867. The average Bonchev–Trinajstić information content (AvgIpc) is 2.33. The Morgan fingerprint density at radius 1 is 1.18 bits per heavy atom. The maximum atomic E-state index is 12.6. The molecular formula is C11H7BrFN3O. The number of hydrogen-bond donors (Lipinski definition) is 1. The fourth-order valence-electron chi connectivity index (χ4n) is 1.16. The van der Waals surface area contributed by atoms with Crippen molar-refractivity contribution in [2.24, 2.45) is 0 Å². The smallest absolute Gasteiger partial charge is 0.257 e. The summed E-state index contributed by atoms with van der Waals surface area (Å²) < 4.78 is 13.2. The molecular weight excluding hydrogens is 289 g/mol. The van der Waals surface area contributed by atoms with Crippen molar-refractivity contribution in [1.82, 2.24) is 9.97 Å². The number of nitrogens with one attached hydrogen (secondary N) is 1. The van der Waals surface area contributed by atoms with Crippen molar-refractivity contribution in [3.8, 4) is 0 Å². The van der Waals surface area contributed by atoms with Crippen molar-refractivity contribution in [2.45, 2.75) is 0 Å². The summed E-state index contributed by atoms with van der Waals surface area (Å²) in [7, 11) is 0. The Morgan fingerprint density at radius 2 is 2.00 bits per heavy atom. The van der Waals surface area contributed by atoms with Crippen LogP contribution >= 0.6 is 15.9 Å². The Morgan fingerprint density at radius 3 is 2.59 bits per heavy atom. The minimum Gasteiger partial charge on any atom is -0.321 e. The second-order valence-electron chi connectivity index (χ2n) is 3.19. The Labute approximate surface area is 105 Å². The lowest BCUT2D eigenvalue weighted by Gasteiger charge is -2.04. The lowest BCUT2D eigenvalue weighted by molar-refractivity contribution is 0.102. The molecule has 0 fully saturated rings. The molecule has 0 unspecified atom stereocenters. The van der Waals surface area contributed by atoms with E-state index >= 15 is 0 Å². The number of carbonyl (C=O) groups is 1. The van der Waals surface area contributed by atoms with Gasteiger partial charge in [0.1, 0.15) is 4.60 Å². The van der Waals surface area contributed by atoms with Crippen LogP contribution in [0.3, 0.4) is 0 Å². The third-order valence-corrected chi connectivity index (χ3v) is 2.44. The molecule has 4 nitrogen and oxygen atoms in total. The first-order valence-corrected chi connectivity index (χ1v) is 5.49. The number of amides is 1. The van der Waals surface area contributed by atoms with Crippen LogP contribution in [0.2, 0.25) is 0 Å². The highest BCUT2D eigenvalue weighted by Crippen LogP contribution is 2.11. The van der Waals surface area contributed by atoms with Gasteiger partial charge in [0.25, 0.3) is 5.91 Å². The lowest BCUT2D eigenvalue weighted by Crippen LogP contribution is -2.12. The summed E-state index contributed by atoms with van der Waals surface area (Å²) in [5, 5.41) is 2.62. The van der Waals surface area contributed by atoms with E-state index < -0.39 is 5.95 Å². The van der Waals surface area contributed by atoms with Gasteiger partial charge in [-0.1, -0.05) is 0 Å². The van der Waals surface area contributed by atoms with Crippen molar-refractivity contribution in [2.75, 3.05) is 5.32 Å². The molecule has 2 aromatic rings. The number of rotatable bonds is 2. The highest BCUT2D eigenvalue weighted by Gasteiger charge is 2.06. The number of pyridine rings is 2. The molecule has 0 bridgehead atoms. The van der Waals surface area contributed by atoms with Gasteiger partial charge in [0.15, 0.2) is 0 Å². The summed E-state index contributed by atoms with van der Waals surface area (Å²) in [6.45, 7) is 0. The van der Waals surface area contributed by atoms with Gasteiger partial charge in [-0.25, -0.2) is 9.97 Å². The molecule has 1 N–H and O–H groups in total. The molecule has 0 aromatic carbocycles. The zero-order valence-electron chi connectivity index (χ0n) is 8.52. The Hall–Kier alpha value is -1.82. The van der Waals surface area contributed by atoms with E-state index in [0.29, 0.717) is 10.3 Å². The summed E-state index contributed by atoms with van der Waals surface area (Å²) in [5.41, 5.74) is 0.844. The van der Waals surface area contributed by atoms with E-state index in [-0.39, 0.29) is 11.5 Å². The van der Waals surface area contributed by atoms with E-state index in [4.69, 9.17) is 0 Å². The summed E-state index contributed by atoms with van der Waals surface area (Å²) in [4.78, 5) is 19.1. The van der Waals surface area contributed by atoms with Crippen LogP contribution < -0.4 is 5.32 Å². The first kappa shape index (κ1) is 11.7. The van der Waals surface area contributed by atoms with Gasteiger partial charge < -0.3 is 5.32 Å². The van der Waals surface area contributed by atoms with E-state index in [0.717, 1.165) is 6.07 Å². The minimum atomic E-state index is -0.619.